The Morgan fingerprint density at radius 3 is 1.91 bits per heavy atom. The highest BCUT2D eigenvalue weighted by Crippen LogP contribution is 2.34. The molecule has 0 aromatic rings. The van der Waals surface area contributed by atoms with Crippen LogP contribution in [0.15, 0.2) is 23.2 Å². The van der Waals surface area contributed by atoms with Crippen molar-refractivity contribution in [3.63, 3.8) is 0 Å². The molecule has 22 heavy (non-hydrogen) atoms. The molecule has 0 amide bonds. The second kappa shape index (κ2) is 8.39. The van der Waals surface area contributed by atoms with Crippen LogP contribution in [0.5, 0.6) is 0 Å². The second-order valence-electron chi connectivity index (χ2n) is 7.77. The van der Waals surface area contributed by atoms with E-state index in [4.69, 9.17) is 8.85 Å². The molecular formula is C18H36O2Si2. The third-order valence-corrected chi connectivity index (χ3v) is 8.92. The molecule has 0 unspecified atom stereocenters. The van der Waals surface area contributed by atoms with Crippen molar-refractivity contribution in [1.29, 1.82) is 0 Å². The highest BCUT2D eigenvalue weighted by Gasteiger charge is 2.32. The van der Waals surface area contributed by atoms with Gasteiger partial charge in [-0.15, -0.1) is 0 Å². The standard InChI is InChI=1S/C18H36O2Si2/c1-8-10-14-21(4,5)19-17-13-12-16(3)18(17)20-22(6,7)15-11-9-2/h12H,8-11,13-15H2,1-7H3. The van der Waals surface area contributed by atoms with E-state index < -0.39 is 16.6 Å². The number of rotatable bonds is 10. The average Bonchev–Trinajstić information content (AvgIpc) is 2.75. The SMILES string of the molecule is CCCC[Si](C)(C)OC1=C(O[Si](C)(C)CCCC)C(C)=CC1. The fraction of sp³-hybridized carbons (Fsp3) is 0.778. The summed E-state index contributed by atoms with van der Waals surface area (Å²) in [5.41, 5.74) is 1.27. The van der Waals surface area contributed by atoms with Crippen LogP contribution < -0.4 is 0 Å². The topological polar surface area (TPSA) is 18.5 Å². The van der Waals surface area contributed by atoms with E-state index in [1.807, 2.05) is 0 Å². The third-order valence-electron chi connectivity index (χ3n) is 4.25. The van der Waals surface area contributed by atoms with Crippen LogP contribution in [-0.2, 0) is 8.85 Å². The van der Waals surface area contributed by atoms with Gasteiger partial charge in [-0.05, 0) is 50.8 Å². The third kappa shape index (κ3) is 6.33. The van der Waals surface area contributed by atoms with Crippen molar-refractivity contribution in [3.05, 3.63) is 23.2 Å². The van der Waals surface area contributed by atoms with E-state index in [9.17, 15) is 0 Å². The van der Waals surface area contributed by atoms with Crippen molar-refractivity contribution >= 4 is 16.6 Å². The maximum absolute atomic E-state index is 6.52. The fourth-order valence-corrected chi connectivity index (χ4v) is 7.08. The number of unbranched alkanes of at least 4 members (excludes halogenated alkanes) is 2. The molecule has 0 atom stereocenters. The van der Waals surface area contributed by atoms with Gasteiger partial charge in [0, 0.05) is 6.42 Å². The van der Waals surface area contributed by atoms with Crippen LogP contribution in [0.4, 0.5) is 0 Å². The zero-order valence-electron chi connectivity index (χ0n) is 15.8. The molecular weight excluding hydrogens is 304 g/mol. The average molecular weight is 341 g/mol. The quantitative estimate of drug-likeness (QED) is 0.417. The summed E-state index contributed by atoms with van der Waals surface area (Å²) in [7, 11) is -3.25. The molecule has 0 radical (unpaired) electrons. The Bertz CT molecular complexity index is 423. The lowest BCUT2D eigenvalue weighted by Crippen LogP contribution is -2.32. The lowest BCUT2D eigenvalue weighted by atomic mass is 10.3. The molecule has 0 bridgehead atoms. The van der Waals surface area contributed by atoms with E-state index in [-0.39, 0.29) is 0 Å². The predicted molar refractivity (Wildman–Crippen MR) is 102 cm³/mol. The minimum atomic E-state index is -1.64. The molecule has 0 spiro atoms. The van der Waals surface area contributed by atoms with Crippen molar-refractivity contribution in [2.24, 2.45) is 0 Å². The first-order valence-corrected chi connectivity index (χ1v) is 15.2. The Balaban J connectivity index is 2.80. The summed E-state index contributed by atoms with van der Waals surface area (Å²) in [4.78, 5) is 0. The first-order chi connectivity index (χ1) is 10.2. The number of hydrogen-bond acceptors (Lipinski definition) is 2. The van der Waals surface area contributed by atoms with E-state index >= 15 is 0 Å². The molecule has 4 heteroatoms. The molecule has 0 saturated carbocycles. The fourth-order valence-electron chi connectivity index (χ4n) is 2.79. The van der Waals surface area contributed by atoms with Gasteiger partial charge in [0.15, 0.2) is 0 Å². The monoisotopic (exact) mass is 340 g/mol. The van der Waals surface area contributed by atoms with Crippen LogP contribution in [0.1, 0.15) is 52.9 Å². The zero-order valence-corrected chi connectivity index (χ0v) is 17.8. The molecule has 0 aliphatic heterocycles. The molecule has 0 heterocycles. The van der Waals surface area contributed by atoms with E-state index in [0.717, 1.165) is 17.9 Å². The highest BCUT2D eigenvalue weighted by atomic mass is 28.4. The van der Waals surface area contributed by atoms with Gasteiger partial charge in [0.25, 0.3) is 0 Å². The van der Waals surface area contributed by atoms with Crippen LogP contribution in [0.25, 0.3) is 0 Å². The van der Waals surface area contributed by atoms with Crippen LogP contribution in [0.3, 0.4) is 0 Å². The van der Waals surface area contributed by atoms with Gasteiger partial charge in [0.2, 0.25) is 16.6 Å². The summed E-state index contributed by atoms with van der Waals surface area (Å²) in [6, 6.07) is 2.46. The van der Waals surface area contributed by atoms with Gasteiger partial charge in [0.1, 0.15) is 11.5 Å². The van der Waals surface area contributed by atoms with E-state index in [1.54, 1.807) is 0 Å². The second-order valence-corrected chi connectivity index (χ2v) is 16.2. The maximum Gasteiger partial charge on any atom is 0.245 e. The smallest absolute Gasteiger partial charge is 0.245 e. The van der Waals surface area contributed by atoms with Gasteiger partial charge >= 0.3 is 0 Å². The Morgan fingerprint density at radius 2 is 1.41 bits per heavy atom. The van der Waals surface area contributed by atoms with E-state index in [2.05, 4.69) is 53.0 Å². The van der Waals surface area contributed by atoms with Crippen molar-refractivity contribution < 1.29 is 8.85 Å². The van der Waals surface area contributed by atoms with Gasteiger partial charge in [-0.3, -0.25) is 0 Å². The Morgan fingerprint density at radius 1 is 0.909 bits per heavy atom. The summed E-state index contributed by atoms with van der Waals surface area (Å²) in [6.07, 6.45) is 8.21. The lowest BCUT2D eigenvalue weighted by molar-refractivity contribution is 0.343. The molecule has 1 aliphatic carbocycles. The Hall–Kier alpha value is -0.486. The van der Waals surface area contributed by atoms with Crippen molar-refractivity contribution in [3.8, 4) is 0 Å². The van der Waals surface area contributed by atoms with Crippen molar-refractivity contribution in [1.82, 2.24) is 0 Å². The van der Waals surface area contributed by atoms with Gasteiger partial charge < -0.3 is 8.85 Å². The molecule has 0 fully saturated rings. The Labute approximate surface area is 140 Å². The molecule has 0 aromatic carbocycles. The first-order valence-electron chi connectivity index (χ1n) is 8.99. The summed E-state index contributed by atoms with van der Waals surface area (Å²) < 4.78 is 13.0. The summed E-state index contributed by atoms with van der Waals surface area (Å²) in [6.45, 7) is 16.0. The molecule has 0 aromatic heterocycles. The number of allylic oxidation sites excluding steroid dienone is 2. The highest BCUT2D eigenvalue weighted by molar-refractivity contribution is 6.72. The molecule has 128 valence electrons. The van der Waals surface area contributed by atoms with Gasteiger partial charge in [-0.2, -0.15) is 0 Å². The van der Waals surface area contributed by atoms with Gasteiger partial charge in [-0.25, -0.2) is 0 Å². The molecule has 1 rings (SSSR count). The molecule has 1 aliphatic rings. The number of hydrogen-bond donors (Lipinski definition) is 0. The molecule has 2 nitrogen and oxygen atoms in total. The largest absolute Gasteiger partial charge is 0.544 e. The van der Waals surface area contributed by atoms with Gasteiger partial charge in [-0.1, -0.05) is 45.6 Å². The van der Waals surface area contributed by atoms with Gasteiger partial charge in [0.05, 0.1) is 0 Å². The minimum absolute atomic E-state index is 0.919. The lowest BCUT2D eigenvalue weighted by Gasteiger charge is -2.29. The Kier molecular flexibility index (Phi) is 7.46. The molecule has 0 N–H and O–H groups in total. The normalized spacial score (nSPS) is 16.0. The van der Waals surface area contributed by atoms with E-state index in [0.29, 0.717) is 0 Å². The predicted octanol–water partition coefficient (Wildman–Crippen LogP) is 6.59. The minimum Gasteiger partial charge on any atom is -0.544 e. The van der Waals surface area contributed by atoms with Crippen molar-refractivity contribution in [2.75, 3.05) is 0 Å². The van der Waals surface area contributed by atoms with Crippen LogP contribution >= 0.6 is 0 Å². The van der Waals surface area contributed by atoms with Crippen LogP contribution in [0, 0.1) is 0 Å². The maximum atomic E-state index is 6.52. The zero-order chi connectivity index (χ0) is 16.8. The van der Waals surface area contributed by atoms with Crippen LogP contribution in [0.2, 0.25) is 38.3 Å². The summed E-state index contributed by atoms with van der Waals surface area (Å²) in [5, 5.41) is 0. The van der Waals surface area contributed by atoms with Crippen LogP contribution in [-0.4, -0.2) is 16.6 Å². The summed E-state index contributed by atoms with van der Waals surface area (Å²) in [5.74, 6) is 2.19. The van der Waals surface area contributed by atoms with E-state index in [1.165, 1.54) is 43.3 Å². The molecule has 0 saturated heterocycles. The first kappa shape index (κ1) is 19.6. The van der Waals surface area contributed by atoms with Crippen molar-refractivity contribution in [2.45, 2.75) is 91.2 Å². The summed E-state index contributed by atoms with van der Waals surface area (Å²) >= 11 is 0.